The number of nitrogens with zero attached hydrogens (tertiary/aromatic N) is 2. The Morgan fingerprint density at radius 3 is 2.55 bits per heavy atom. The van der Waals surface area contributed by atoms with Gasteiger partial charge in [-0.25, -0.2) is 9.79 Å². The molecule has 0 saturated carbocycles. The van der Waals surface area contributed by atoms with E-state index in [1.165, 1.54) is 11.3 Å². The maximum Gasteiger partial charge on any atom is 0.338 e. The van der Waals surface area contributed by atoms with Crippen LogP contribution in [0.4, 0.5) is 0 Å². The molecular weight excluding hydrogens is 636 g/mol. The SMILES string of the molecule is C=CCOc1ccc([C@@H]2C(C(=O)OCC)=C(C)N=c3s/c(=C\c4cc(Br)cc(Br)c4OCC)c(=O)n32)cc1. The lowest BCUT2D eigenvalue weighted by Gasteiger charge is -2.24. The molecular formula is C28H26Br2N2O5S. The summed E-state index contributed by atoms with van der Waals surface area (Å²) >= 11 is 8.32. The van der Waals surface area contributed by atoms with Crippen molar-refractivity contribution in [1.82, 2.24) is 4.57 Å². The van der Waals surface area contributed by atoms with Crippen LogP contribution < -0.4 is 24.4 Å². The molecule has 198 valence electrons. The topological polar surface area (TPSA) is 79.1 Å². The fourth-order valence-electron chi connectivity index (χ4n) is 4.13. The van der Waals surface area contributed by atoms with Crippen LogP contribution in [0.5, 0.6) is 11.5 Å². The Morgan fingerprint density at radius 2 is 1.89 bits per heavy atom. The van der Waals surface area contributed by atoms with Crippen molar-refractivity contribution in [2.75, 3.05) is 19.8 Å². The molecule has 2 aromatic carbocycles. The van der Waals surface area contributed by atoms with Gasteiger partial charge in [-0.05, 0) is 72.6 Å². The Labute approximate surface area is 241 Å². The zero-order valence-corrected chi connectivity index (χ0v) is 25.1. The number of ether oxygens (including phenoxy) is 3. The lowest BCUT2D eigenvalue weighted by molar-refractivity contribution is -0.139. The van der Waals surface area contributed by atoms with Crippen LogP contribution in [0.3, 0.4) is 0 Å². The molecule has 2 heterocycles. The van der Waals surface area contributed by atoms with Gasteiger partial charge in [0, 0.05) is 10.0 Å². The van der Waals surface area contributed by atoms with Gasteiger partial charge >= 0.3 is 5.97 Å². The van der Waals surface area contributed by atoms with Crippen LogP contribution in [0.1, 0.15) is 37.9 Å². The molecule has 0 fully saturated rings. The second-order valence-corrected chi connectivity index (χ2v) is 11.0. The molecule has 3 aromatic rings. The van der Waals surface area contributed by atoms with Crippen molar-refractivity contribution < 1.29 is 19.0 Å². The molecule has 1 atom stereocenters. The van der Waals surface area contributed by atoms with Crippen LogP contribution in [0.15, 0.2) is 79.1 Å². The van der Waals surface area contributed by atoms with Crippen LogP contribution in [0, 0.1) is 0 Å². The van der Waals surface area contributed by atoms with Crippen molar-refractivity contribution >= 4 is 55.2 Å². The first-order valence-corrected chi connectivity index (χ1v) is 14.3. The number of carbonyl (C=O) groups excluding carboxylic acids is 1. The minimum atomic E-state index is -0.707. The first kappa shape index (κ1) is 28.1. The van der Waals surface area contributed by atoms with E-state index in [2.05, 4.69) is 43.4 Å². The highest BCUT2D eigenvalue weighted by Gasteiger charge is 2.33. The monoisotopic (exact) mass is 660 g/mol. The van der Waals surface area contributed by atoms with Crippen molar-refractivity contribution in [3.8, 4) is 11.5 Å². The first-order chi connectivity index (χ1) is 18.3. The molecule has 0 saturated heterocycles. The van der Waals surface area contributed by atoms with E-state index in [4.69, 9.17) is 14.2 Å². The lowest BCUT2D eigenvalue weighted by atomic mass is 9.96. The summed E-state index contributed by atoms with van der Waals surface area (Å²) in [5.41, 5.74) is 2.04. The summed E-state index contributed by atoms with van der Waals surface area (Å²) in [7, 11) is 0. The zero-order valence-electron chi connectivity index (χ0n) is 21.1. The van der Waals surface area contributed by atoms with Crippen molar-refractivity contribution in [3.05, 3.63) is 100 Å². The highest BCUT2D eigenvalue weighted by atomic mass is 79.9. The Hall–Kier alpha value is -2.95. The maximum atomic E-state index is 13.9. The van der Waals surface area contributed by atoms with E-state index in [1.54, 1.807) is 42.7 Å². The number of allylic oxidation sites excluding steroid dienone is 1. The van der Waals surface area contributed by atoms with Crippen LogP contribution in [0.25, 0.3) is 6.08 Å². The summed E-state index contributed by atoms with van der Waals surface area (Å²) < 4.78 is 20.5. The molecule has 1 aromatic heterocycles. The molecule has 0 spiro atoms. The normalized spacial score (nSPS) is 15.1. The summed E-state index contributed by atoms with van der Waals surface area (Å²) in [4.78, 5) is 32.1. The van der Waals surface area contributed by atoms with E-state index in [-0.39, 0.29) is 12.2 Å². The summed E-state index contributed by atoms with van der Waals surface area (Å²) in [5.74, 6) is 0.786. The van der Waals surface area contributed by atoms with Gasteiger partial charge in [0.1, 0.15) is 18.1 Å². The van der Waals surface area contributed by atoms with Crippen LogP contribution in [0.2, 0.25) is 0 Å². The van der Waals surface area contributed by atoms with Crippen molar-refractivity contribution in [3.63, 3.8) is 0 Å². The van der Waals surface area contributed by atoms with Gasteiger partial charge in [0.25, 0.3) is 5.56 Å². The second-order valence-electron chi connectivity index (χ2n) is 8.21. The Balaban J connectivity index is 1.92. The number of benzene rings is 2. The number of thiazole rings is 1. The fraction of sp³-hybridized carbons (Fsp3) is 0.250. The lowest BCUT2D eigenvalue weighted by Crippen LogP contribution is -2.39. The number of hydrogen-bond acceptors (Lipinski definition) is 7. The van der Waals surface area contributed by atoms with E-state index in [0.717, 1.165) is 20.1 Å². The van der Waals surface area contributed by atoms with E-state index < -0.39 is 12.0 Å². The molecule has 0 unspecified atom stereocenters. The predicted octanol–water partition coefficient (Wildman–Crippen LogP) is 5.29. The van der Waals surface area contributed by atoms with Crippen molar-refractivity contribution in [2.24, 2.45) is 4.99 Å². The van der Waals surface area contributed by atoms with Gasteiger partial charge in [0.15, 0.2) is 4.80 Å². The number of halogens is 2. The minimum absolute atomic E-state index is 0.207. The highest BCUT2D eigenvalue weighted by molar-refractivity contribution is 9.11. The number of esters is 1. The minimum Gasteiger partial charge on any atom is -0.492 e. The summed E-state index contributed by atoms with van der Waals surface area (Å²) in [6.07, 6.45) is 3.45. The largest absolute Gasteiger partial charge is 0.492 e. The zero-order chi connectivity index (χ0) is 27.4. The van der Waals surface area contributed by atoms with E-state index in [9.17, 15) is 9.59 Å². The van der Waals surface area contributed by atoms with Crippen molar-refractivity contribution in [1.29, 1.82) is 0 Å². The Morgan fingerprint density at radius 1 is 1.16 bits per heavy atom. The number of fused-ring (bicyclic) bond motifs is 1. The summed E-state index contributed by atoms with van der Waals surface area (Å²) in [6, 6.07) is 10.4. The molecule has 0 bridgehead atoms. The third-order valence-electron chi connectivity index (χ3n) is 5.69. The van der Waals surface area contributed by atoms with E-state index >= 15 is 0 Å². The molecule has 0 amide bonds. The number of hydrogen-bond donors (Lipinski definition) is 0. The average Bonchev–Trinajstić information content (AvgIpc) is 3.18. The smallest absolute Gasteiger partial charge is 0.338 e. The third kappa shape index (κ3) is 5.72. The van der Waals surface area contributed by atoms with Crippen LogP contribution in [-0.2, 0) is 9.53 Å². The number of carbonyl (C=O) groups is 1. The van der Waals surface area contributed by atoms with Gasteiger partial charge in [-0.1, -0.05) is 52.1 Å². The maximum absolute atomic E-state index is 13.9. The van der Waals surface area contributed by atoms with Gasteiger partial charge in [-0.2, -0.15) is 0 Å². The van der Waals surface area contributed by atoms with E-state index in [1.807, 2.05) is 31.2 Å². The van der Waals surface area contributed by atoms with Gasteiger partial charge < -0.3 is 14.2 Å². The van der Waals surface area contributed by atoms with Crippen LogP contribution >= 0.6 is 43.2 Å². The molecule has 4 rings (SSSR count). The van der Waals surface area contributed by atoms with Gasteiger partial charge in [0.05, 0.1) is 39.5 Å². The van der Waals surface area contributed by atoms with E-state index in [0.29, 0.717) is 45.3 Å². The Bertz CT molecular complexity index is 1590. The quantitative estimate of drug-likeness (QED) is 0.230. The van der Waals surface area contributed by atoms with Gasteiger partial charge in [-0.3, -0.25) is 9.36 Å². The summed E-state index contributed by atoms with van der Waals surface area (Å²) in [5, 5.41) is 0. The predicted molar refractivity (Wildman–Crippen MR) is 156 cm³/mol. The van der Waals surface area contributed by atoms with Gasteiger partial charge in [0.2, 0.25) is 0 Å². The first-order valence-electron chi connectivity index (χ1n) is 11.9. The molecule has 0 N–H and O–H groups in total. The molecule has 7 nitrogen and oxygen atoms in total. The average molecular weight is 662 g/mol. The standard InChI is InChI=1S/C28H26Br2N2O5S/c1-5-12-37-20-10-8-17(9-11-20)24-23(27(34)36-7-3)16(4)31-28-32(24)26(33)22(38-28)14-18-13-19(29)15-21(30)25(18)35-6-2/h5,8-11,13-15,24H,1,6-7,12H2,2-4H3/b22-14-/t24-/m1/s1. The molecule has 1 aliphatic heterocycles. The Kier molecular flexibility index (Phi) is 9.07. The highest BCUT2D eigenvalue weighted by Crippen LogP contribution is 2.34. The molecule has 10 heteroatoms. The number of rotatable bonds is 9. The number of aromatic nitrogens is 1. The fourth-order valence-corrected chi connectivity index (χ4v) is 6.54. The van der Waals surface area contributed by atoms with Crippen molar-refractivity contribution in [2.45, 2.75) is 26.8 Å². The second kappa shape index (κ2) is 12.3. The molecule has 0 radical (unpaired) electrons. The summed E-state index contributed by atoms with van der Waals surface area (Å²) in [6.45, 7) is 10.1. The third-order valence-corrected chi connectivity index (χ3v) is 7.72. The van der Waals surface area contributed by atoms with Crippen LogP contribution in [-0.4, -0.2) is 30.4 Å². The molecule has 38 heavy (non-hydrogen) atoms. The van der Waals surface area contributed by atoms with Gasteiger partial charge in [-0.15, -0.1) is 0 Å². The molecule has 1 aliphatic rings. The molecule has 0 aliphatic carbocycles.